The van der Waals surface area contributed by atoms with Gasteiger partial charge in [-0.1, -0.05) is 77.9 Å². The predicted octanol–water partition coefficient (Wildman–Crippen LogP) is 8.33. The van der Waals surface area contributed by atoms with Gasteiger partial charge in [-0.3, -0.25) is 0 Å². The number of hydrogen-bond donors (Lipinski definition) is 0. The second-order valence-corrected chi connectivity index (χ2v) is 9.89. The number of hydrogen-bond acceptors (Lipinski definition) is 1. The van der Waals surface area contributed by atoms with Gasteiger partial charge in [0.25, 0.3) is 0 Å². The van der Waals surface area contributed by atoms with Crippen molar-refractivity contribution in [2.45, 2.75) is 118 Å². The lowest BCUT2D eigenvalue weighted by atomic mass is 9.75. The second kappa shape index (κ2) is 12.3. The summed E-state index contributed by atoms with van der Waals surface area (Å²) in [6.45, 7) is 11.4. The van der Waals surface area contributed by atoms with Gasteiger partial charge in [0.2, 0.25) is 0 Å². The van der Waals surface area contributed by atoms with Gasteiger partial charge in [0, 0.05) is 5.92 Å². The number of ether oxygens (including phenoxy) is 1. The summed E-state index contributed by atoms with van der Waals surface area (Å²) in [4.78, 5) is 0. The predicted molar refractivity (Wildman–Crippen MR) is 119 cm³/mol. The summed E-state index contributed by atoms with van der Waals surface area (Å²) in [5.74, 6) is 2.73. The van der Waals surface area contributed by atoms with Crippen molar-refractivity contribution >= 4 is 0 Å². The third kappa shape index (κ3) is 7.92. The smallest absolute Gasteiger partial charge is 0.0531 e. The minimum atomic E-state index is 0.450. The van der Waals surface area contributed by atoms with Crippen LogP contribution in [0.4, 0.5) is 0 Å². The topological polar surface area (TPSA) is 9.23 Å². The first-order valence-corrected chi connectivity index (χ1v) is 12.4. The fraction of sp³-hybridized carbons (Fsp3) is 0.923. The van der Waals surface area contributed by atoms with Gasteiger partial charge in [0.05, 0.1) is 13.2 Å². The molecule has 1 heteroatoms. The average Bonchev–Trinajstić information content (AvgIpc) is 3.34. The summed E-state index contributed by atoms with van der Waals surface area (Å²) < 4.78 is 6.55. The van der Waals surface area contributed by atoms with Crippen molar-refractivity contribution in [3.8, 4) is 0 Å². The molecule has 0 aromatic rings. The van der Waals surface area contributed by atoms with E-state index >= 15 is 0 Å². The van der Waals surface area contributed by atoms with E-state index in [1.165, 1.54) is 89.9 Å². The van der Waals surface area contributed by atoms with Crippen LogP contribution in [-0.2, 0) is 4.74 Å². The Morgan fingerprint density at radius 2 is 1.59 bits per heavy atom. The Kier molecular flexibility index (Phi) is 10.5. The maximum Gasteiger partial charge on any atom is 0.0531 e. The maximum atomic E-state index is 6.55. The lowest BCUT2D eigenvalue weighted by molar-refractivity contribution is 0.00911. The summed E-state index contributed by atoms with van der Waals surface area (Å²) >= 11 is 0. The van der Waals surface area contributed by atoms with Gasteiger partial charge in [-0.2, -0.15) is 0 Å². The molecule has 3 unspecified atom stereocenters. The monoisotopic (exact) mass is 376 g/mol. The van der Waals surface area contributed by atoms with E-state index in [4.69, 9.17) is 4.74 Å². The van der Waals surface area contributed by atoms with Gasteiger partial charge in [0.1, 0.15) is 0 Å². The van der Waals surface area contributed by atoms with Gasteiger partial charge in [0.15, 0.2) is 0 Å². The van der Waals surface area contributed by atoms with E-state index in [0.29, 0.717) is 11.3 Å². The van der Waals surface area contributed by atoms with Crippen LogP contribution in [0.15, 0.2) is 11.6 Å². The summed E-state index contributed by atoms with van der Waals surface area (Å²) in [6, 6.07) is 0. The standard InChI is InChI=1S/C26H48O/c1-5-8-16-26(17-9-6-2,18-10-7-3)21-27-20-25(23-12-11-13-23)15-14-24-19-22(24)4/h12,22,24-25H,5-11,13-21H2,1-4H3. The molecule has 27 heavy (non-hydrogen) atoms. The Morgan fingerprint density at radius 1 is 1.04 bits per heavy atom. The molecule has 2 aliphatic carbocycles. The highest BCUT2D eigenvalue weighted by molar-refractivity contribution is 5.16. The second-order valence-electron chi connectivity index (χ2n) is 9.89. The zero-order valence-corrected chi connectivity index (χ0v) is 19.0. The van der Waals surface area contributed by atoms with Crippen molar-refractivity contribution < 1.29 is 4.74 Å². The normalized spacial score (nSPS) is 23.0. The fourth-order valence-electron chi connectivity index (χ4n) is 4.94. The first-order valence-electron chi connectivity index (χ1n) is 12.4. The highest BCUT2D eigenvalue weighted by atomic mass is 16.5. The van der Waals surface area contributed by atoms with Crippen molar-refractivity contribution in [1.29, 1.82) is 0 Å². The molecule has 0 saturated heterocycles. The third-order valence-corrected chi connectivity index (χ3v) is 7.44. The van der Waals surface area contributed by atoms with E-state index in [1.807, 2.05) is 0 Å². The van der Waals surface area contributed by atoms with E-state index in [0.717, 1.165) is 25.0 Å². The van der Waals surface area contributed by atoms with Crippen LogP contribution in [0.2, 0.25) is 0 Å². The molecule has 2 aliphatic rings. The first-order chi connectivity index (χ1) is 13.1. The molecule has 0 radical (unpaired) electrons. The van der Waals surface area contributed by atoms with Crippen molar-refractivity contribution in [3.05, 3.63) is 11.6 Å². The van der Waals surface area contributed by atoms with Gasteiger partial charge < -0.3 is 4.74 Å². The zero-order chi connectivity index (χ0) is 19.5. The van der Waals surface area contributed by atoms with Crippen LogP contribution in [-0.4, -0.2) is 13.2 Å². The van der Waals surface area contributed by atoms with Gasteiger partial charge in [-0.05, 0) is 68.6 Å². The van der Waals surface area contributed by atoms with Crippen molar-refractivity contribution in [3.63, 3.8) is 0 Å². The van der Waals surface area contributed by atoms with Crippen LogP contribution in [0.25, 0.3) is 0 Å². The quantitative estimate of drug-likeness (QED) is 0.232. The molecule has 0 bridgehead atoms. The number of allylic oxidation sites excluding steroid dienone is 1. The molecular formula is C26H48O. The molecule has 2 rings (SSSR count). The average molecular weight is 377 g/mol. The largest absolute Gasteiger partial charge is 0.380 e. The molecular weight excluding hydrogens is 328 g/mol. The van der Waals surface area contributed by atoms with Crippen LogP contribution in [0.5, 0.6) is 0 Å². The SMILES string of the molecule is CCCCC(CCCC)(CCCC)COCC(CCC1CC1C)C1=CCC1. The molecule has 1 saturated carbocycles. The van der Waals surface area contributed by atoms with E-state index < -0.39 is 0 Å². The zero-order valence-electron chi connectivity index (χ0n) is 19.0. The highest BCUT2D eigenvalue weighted by Gasteiger charge is 2.34. The summed E-state index contributed by atoms with van der Waals surface area (Å²) in [5.41, 5.74) is 2.16. The lowest BCUT2D eigenvalue weighted by Gasteiger charge is -2.35. The van der Waals surface area contributed by atoms with Crippen LogP contribution < -0.4 is 0 Å². The van der Waals surface area contributed by atoms with E-state index in [1.54, 1.807) is 5.57 Å². The van der Waals surface area contributed by atoms with Crippen LogP contribution in [0.3, 0.4) is 0 Å². The molecule has 0 N–H and O–H groups in total. The fourth-order valence-corrected chi connectivity index (χ4v) is 4.94. The first kappa shape index (κ1) is 23.0. The van der Waals surface area contributed by atoms with Crippen LogP contribution in [0, 0.1) is 23.2 Å². The Bertz CT molecular complexity index is 402. The highest BCUT2D eigenvalue weighted by Crippen LogP contribution is 2.43. The van der Waals surface area contributed by atoms with E-state index in [2.05, 4.69) is 33.8 Å². The Labute approximate surface area is 170 Å². The number of unbranched alkanes of at least 4 members (excludes halogenated alkanes) is 3. The molecule has 0 amide bonds. The molecule has 3 atom stereocenters. The number of rotatable bonds is 17. The van der Waals surface area contributed by atoms with Crippen molar-refractivity contribution in [2.24, 2.45) is 23.2 Å². The van der Waals surface area contributed by atoms with Gasteiger partial charge in [-0.25, -0.2) is 0 Å². The molecule has 0 heterocycles. The third-order valence-electron chi connectivity index (χ3n) is 7.44. The molecule has 0 aromatic carbocycles. The summed E-state index contributed by atoms with van der Waals surface area (Å²) in [6.07, 6.45) is 21.6. The van der Waals surface area contributed by atoms with Crippen LogP contribution >= 0.6 is 0 Å². The van der Waals surface area contributed by atoms with Gasteiger partial charge in [-0.15, -0.1) is 0 Å². The molecule has 0 aromatic heterocycles. The van der Waals surface area contributed by atoms with Crippen molar-refractivity contribution in [2.75, 3.05) is 13.2 Å². The Hall–Kier alpha value is -0.300. The Balaban J connectivity index is 1.86. The van der Waals surface area contributed by atoms with Gasteiger partial charge >= 0.3 is 0 Å². The molecule has 1 fully saturated rings. The molecule has 0 spiro atoms. The lowest BCUT2D eigenvalue weighted by Crippen LogP contribution is -2.29. The van der Waals surface area contributed by atoms with E-state index in [-0.39, 0.29) is 0 Å². The Morgan fingerprint density at radius 3 is 2.00 bits per heavy atom. The molecule has 0 aliphatic heterocycles. The minimum Gasteiger partial charge on any atom is -0.380 e. The summed E-state index contributed by atoms with van der Waals surface area (Å²) in [5, 5.41) is 0. The van der Waals surface area contributed by atoms with E-state index in [9.17, 15) is 0 Å². The maximum absolute atomic E-state index is 6.55. The van der Waals surface area contributed by atoms with Crippen molar-refractivity contribution in [1.82, 2.24) is 0 Å². The van der Waals surface area contributed by atoms with Crippen LogP contribution in [0.1, 0.15) is 118 Å². The minimum absolute atomic E-state index is 0.450. The molecule has 158 valence electrons. The molecule has 1 nitrogen and oxygen atoms in total. The summed E-state index contributed by atoms with van der Waals surface area (Å²) in [7, 11) is 0.